The first-order valence-electron chi connectivity index (χ1n) is 10.7. The van der Waals surface area contributed by atoms with Gasteiger partial charge in [-0.25, -0.2) is 9.07 Å². The van der Waals surface area contributed by atoms with Gasteiger partial charge in [-0.1, -0.05) is 32.9 Å². The smallest absolute Gasteiger partial charge is 0.258 e. The molecule has 2 aromatic carbocycles. The number of carbonyl (C=O) groups is 2. The Labute approximate surface area is 193 Å². The maximum absolute atomic E-state index is 13.4. The molecular weight excluding hydrogens is 423 g/mol. The summed E-state index contributed by atoms with van der Waals surface area (Å²) in [5.74, 6) is -0.139. The van der Waals surface area contributed by atoms with Gasteiger partial charge in [-0.2, -0.15) is 5.10 Å². The van der Waals surface area contributed by atoms with E-state index < -0.39 is 0 Å². The van der Waals surface area contributed by atoms with Crippen LogP contribution in [-0.2, 0) is 10.2 Å². The first kappa shape index (κ1) is 24.0. The number of nitrogens with one attached hydrogen (secondary N) is 1. The Balaban J connectivity index is 1.84. The molecule has 0 bridgehead atoms. The molecular formula is C25H29FN4O3. The van der Waals surface area contributed by atoms with Crippen LogP contribution in [0.4, 0.5) is 10.2 Å². The van der Waals surface area contributed by atoms with Crippen LogP contribution in [0.3, 0.4) is 0 Å². The van der Waals surface area contributed by atoms with Gasteiger partial charge in [-0.15, -0.1) is 0 Å². The molecule has 3 aromatic rings. The zero-order chi connectivity index (χ0) is 24.2. The number of nitrogens with zero attached hydrogens (tertiary/aromatic N) is 3. The van der Waals surface area contributed by atoms with E-state index in [-0.39, 0.29) is 29.6 Å². The van der Waals surface area contributed by atoms with Crippen LogP contribution in [0.2, 0.25) is 0 Å². The van der Waals surface area contributed by atoms with Gasteiger partial charge in [0, 0.05) is 18.0 Å². The molecule has 0 aliphatic heterocycles. The van der Waals surface area contributed by atoms with Crippen molar-refractivity contribution in [2.45, 2.75) is 33.1 Å². The van der Waals surface area contributed by atoms with E-state index in [1.165, 1.54) is 24.1 Å². The van der Waals surface area contributed by atoms with Crippen molar-refractivity contribution >= 4 is 17.6 Å². The first-order valence-corrected chi connectivity index (χ1v) is 10.7. The SMILES string of the molecule is CCN(CC(=O)Nc1cc(C(C)(C)C)nn1-c1ccc(F)cc1)C(=O)c1ccccc1OC. The molecule has 0 atom stereocenters. The maximum atomic E-state index is 13.4. The van der Waals surface area contributed by atoms with Gasteiger partial charge in [0.2, 0.25) is 5.91 Å². The third-order valence-electron chi connectivity index (χ3n) is 5.16. The summed E-state index contributed by atoms with van der Waals surface area (Å²) >= 11 is 0. The van der Waals surface area contributed by atoms with Crippen LogP contribution < -0.4 is 10.1 Å². The van der Waals surface area contributed by atoms with Crippen molar-refractivity contribution in [2.75, 3.05) is 25.5 Å². The van der Waals surface area contributed by atoms with Crippen molar-refractivity contribution < 1.29 is 18.7 Å². The van der Waals surface area contributed by atoms with Crippen molar-refractivity contribution in [3.8, 4) is 11.4 Å². The normalized spacial score (nSPS) is 11.2. The maximum Gasteiger partial charge on any atom is 0.258 e. The fraction of sp³-hybridized carbons (Fsp3) is 0.320. The Bertz CT molecular complexity index is 1130. The summed E-state index contributed by atoms with van der Waals surface area (Å²) in [7, 11) is 1.50. The largest absolute Gasteiger partial charge is 0.496 e. The summed E-state index contributed by atoms with van der Waals surface area (Å²) in [6.45, 7) is 8.05. The fourth-order valence-electron chi connectivity index (χ4n) is 3.29. The third-order valence-corrected chi connectivity index (χ3v) is 5.16. The molecule has 0 saturated carbocycles. The average molecular weight is 453 g/mol. The minimum atomic E-state index is -0.371. The molecule has 33 heavy (non-hydrogen) atoms. The summed E-state index contributed by atoms with van der Waals surface area (Å²) in [4.78, 5) is 27.4. The molecule has 8 heteroatoms. The standard InChI is InChI=1S/C25H29FN4O3/c1-6-29(24(32)19-9-7-8-10-20(19)33-5)16-23(31)27-22-15-21(25(2,3)4)28-30(22)18-13-11-17(26)12-14-18/h7-15H,6,16H2,1-5H3,(H,27,31). The number of benzene rings is 2. The van der Waals surface area contributed by atoms with Gasteiger partial charge < -0.3 is 15.0 Å². The molecule has 0 saturated heterocycles. The monoisotopic (exact) mass is 452 g/mol. The topological polar surface area (TPSA) is 76.5 Å². The number of hydrogen-bond donors (Lipinski definition) is 1. The Morgan fingerprint density at radius 2 is 1.79 bits per heavy atom. The van der Waals surface area contributed by atoms with E-state index in [2.05, 4.69) is 10.4 Å². The lowest BCUT2D eigenvalue weighted by molar-refractivity contribution is -0.116. The lowest BCUT2D eigenvalue weighted by Crippen LogP contribution is -2.38. The van der Waals surface area contributed by atoms with Gasteiger partial charge in [0.15, 0.2) is 0 Å². The minimum Gasteiger partial charge on any atom is -0.496 e. The van der Waals surface area contributed by atoms with Crippen LogP contribution in [0.1, 0.15) is 43.7 Å². The highest BCUT2D eigenvalue weighted by Gasteiger charge is 2.24. The van der Waals surface area contributed by atoms with Gasteiger partial charge >= 0.3 is 0 Å². The number of hydrogen-bond acceptors (Lipinski definition) is 4. The minimum absolute atomic E-state index is 0.146. The lowest BCUT2D eigenvalue weighted by atomic mass is 9.92. The van der Waals surface area contributed by atoms with Crippen molar-refractivity contribution in [1.29, 1.82) is 0 Å². The van der Waals surface area contributed by atoms with E-state index in [9.17, 15) is 14.0 Å². The number of ether oxygens (including phenoxy) is 1. The Kier molecular flexibility index (Phi) is 7.16. The second kappa shape index (κ2) is 9.85. The van der Waals surface area contributed by atoms with Crippen LogP contribution >= 0.6 is 0 Å². The summed E-state index contributed by atoms with van der Waals surface area (Å²) in [6.07, 6.45) is 0. The molecule has 0 aliphatic carbocycles. The van der Waals surface area contributed by atoms with Gasteiger partial charge in [0.1, 0.15) is 23.9 Å². The van der Waals surface area contributed by atoms with E-state index in [0.717, 1.165) is 5.69 Å². The molecule has 0 aliphatic rings. The first-order chi connectivity index (χ1) is 15.6. The number of carbonyl (C=O) groups excluding carboxylic acids is 2. The predicted octanol–water partition coefficient (Wildman–Crippen LogP) is 4.42. The molecule has 7 nitrogen and oxygen atoms in total. The fourth-order valence-corrected chi connectivity index (χ4v) is 3.29. The number of rotatable bonds is 7. The number of amides is 2. The van der Waals surface area contributed by atoms with E-state index >= 15 is 0 Å². The molecule has 0 fully saturated rings. The van der Waals surface area contributed by atoms with Crippen LogP contribution in [0.15, 0.2) is 54.6 Å². The molecule has 3 rings (SSSR count). The van der Waals surface area contributed by atoms with Crippen molar-refractivity contribution in [3.05, 3.63) is 71.7 Å². The molecule has 1 N–H and O–H groups in total. The highest BCUT2D eigenvalue weighted by atomic mass is 19.1. The number of anilines is 1. The van der Waals surface area contributed by atoms with Crippen LogP contribution in [0, 0.1) is 5.82 Å². The zero-order valence-electron chi connectivity index (χ0n) is 19.6. The molecule has 174 valence electrons. The number of para-hydroxylation sites is 1. The van der Waals surface area contributed by atoms with Gasteiger partial charge in [0.25, 0.3) is 5.91 Å². The van der Waals surface area contributed by atoms with Gasteiger partial charge in [-0.05, 0) is 43.3 Å². The summed E-state index contributed by atoms with van der Waals surface area (Å²) < 4.78 is 20.3. The summed E-state index contributed by atoms with van der Waals surface area (Å²) in [5.41, 5.74) is 1.50. The highest BCUT2D eigenvalue weighted by Crippen LogP contribution is 2.26. The van der Waals surface area contributed by atoms with Crippen LogP contribution in [0.25, 0.3) is 5.69 Å². The average Bonchev–Trinajstić information content (AvgIpc) is 3.21. The molecule has 0 spiro atoms. The van der Waals surface area contributed by atoms with E-state index in [1.807, 2.05) is 20.8 Å². The van der Waals surface area contributed by atoms with Crippen molar-refractivity contribution in [2.24, 2.45) is 0 Å². The number of halogens is 1. The zero-order valence-corrected chi connectivity index (χ0v) is 19.6. The molecule has 0 unspecified atom stereocenters. The second-order valence-electron chi connectivity index (χ2n) is 8.62. The van der Waals surface area contributed by atoms with Crippen molar-refractivity contribution in [3.63, 3.8) is 0 Å². The lowest BCUT2D eigenvalue weighted by Gasteiger charge is -2.21. The van der Waals surface area contributed by atoms with Crippen LogP contribution in [-0.4, -0.2) is 46.7 Å². The summed E-state index contributed by atoms with van der Waals surface area (Å²) in [6, 6.07) is 14.5. The number of aromatic nitrogens is 2. The molecule has 0 radical (unpaired) electrons. The molecule has 1 heterocycles. The Morgan fingerprint density at radius 3 is 2.39 bits per heavy atom. The predicted molar refractivity (Wildman–Crippen MR) is 125 cm³/mol. The third kappa shape index (κ3) is 5.58. The van der Waals surface area contributed by atoms with Gasteiger partial charge in [0.05, 0.1) is 24.1 Å². The molecule has 2 amide bonds. The quantitative estimate of drug-likeness (QED) is 0.576. The van der Waals surface area contributed by atoms with Crippen LogP contribution in [0.5, 0.6) is 5.75 Å². The van der Waals surface area contributed by atoms with E-state index in [0.29, 0.717) is 29.4 Å². The number of methoxy groups -OCH3 is 1. The van der Waals surface area contributed by atoms with E-state index in [4.69, 9.17) is 4.74 Å². The van der Waals surface area contributed by atoms with Crippen molar-refractivity contribution in [1.82, 2.24) is 14.7 Å². The molecule has 1 aromatic heterocycles. The number of likely N-dealkylation sites (N-methyl/N-ethyl adjacent to an activating group) is 1. The summed E-state index contributed by atoms with van der Waals surface area (Å²) in [5, 5.41) is 7.48. The van der Waals surface area contributed by atoms with E-state index in [1.54, 1.807) is 54.1 Å². The highest BCUT2D eigenvalue weighted by molar-refractivity contribution is 6.00. The Hall–Kier alpha value is -3.68. The van der Waals surface area contributed by atoms with Gasteiger partial charge in [-0.3, -0.25) is 9.59 Å². The second-order valence-corrected chi connectivity index (χ2v) is 8.62. The Morgan fingerprint density at radius 1 is 1.12 bits per heavy atom.